The zero-order valence-electron chi connectivity index (χ0n) is 10.1. The molecule has 0 fully saturated rings. The molecule has 2 aromatic rings. The van der Waals surface area contributed by atoms with Crippen LogP contribution >= 0.6 is 0 Å². The van der Waals surface area contributed by atoms with Crippen molar-refractivity contribution in [3.63, 3.8) is 0 Å². The lowest BCUT2D eigenvalue weighted by Gasteiger charge is -2.04. The predicted molar refractivity (Wildman–Crippen MR) is 63.8 cm³/mol. The molecule has 17 heavy (non-hydrogen) atoms. The Bertz CT molecular complexity index is 545. The quantitative estimate of drug-likeness (QED) is 0.757. The molecule has 2 aromatic heterocycles. The van der Waals surface area contributed by atoms with Gasteiger partial charge >= 0.3 is 0 Å². The maximum Gasteiger partial charge on any atom is 0.153 e. The molecule has 2 rings (SSSR count). The normalized spacial score (nSPS) is 10.8. The highest BCUT2D eigenvalue weighted by atomic mass is 16.1. The van der Waals surface area contributed by atoms with Gasteiger partial charge in [0.15, 0.2) is 6.29 Å². The second-order valence-electron chi connectivity index (χ2n) is 4.12. The second-order valence-corrected chi connectivity index (χ2v) is 4.12. The number of carbonyl (C=O) groups is 1. The number of rotatable bonds is 3. The number of carbonyl (C=O) groups excluding carboxylic acids is 1. The fourth-order valence-corrected chi connectivity index (χ4v) is 1.58. The lowest BCUT2D eigenvalue weighted by atomic mass is 10.2. The van der Waals surface area contributed by atoms with Crippen molar-refractivity contribution in [2.24, 2.45) is 0 Å². The summed E-state index contributed by atoms with van der Waals surface area (Å²) in [5.41, 5.74) is 2.57. The third kappa shape index (κ3) is 2.08. The molecule has 0 atom stereocenters. The molecule has 2 heterocycles. The van der Waals surface area contributed by atoms with Crippen LogP contribution in [0, 0.1) is 6.92 Å². The van der Waals surface area contributed by atoms with Crippen LogP contribution in [-0.4, -0.2) is 26.0 Å². The van der Waals surface area contributed by atoms with E-state index in [4.69, 9.17) is 0 Å². The van der Waals surface area contributed by atoms with Gasteiger partial charge in [0.25, 0.3) is 0 Å². The highest BCUT2D eigenvalue weighted by Gasteiger charge is 2.15. The van der Waals surface area contributed by atoms with Crippen molar-refractivity contribution in [3.8, 4) is 11.4 Å². The smallest absolute Gasteiger partial charge is 0.153 e. The molecule has 0 amide bonds. The third-order valence-corrected chi connectivity index (χ3v) is 2.52. The topological polar surface area (TPSA) is 60.7 Å². The first kappa shape index (κ1) is 11.4. The van der Waals surface area contributed by atoms with Gasteiger partial charge in [0.1, 0.15) is 11.4 Å². The molecule has 0 aliphatic carbocycles. The van der Waals surface area contributed by atoms with Gasteiger partial charge in [0.2, 0.25) is 0 Å². The summed E-state index contributed by atoms with van der Waals surface area (Å²) >= 11 is 0. The standard InChI is InChI=1S/C12H14N4O/c1-8(2)16-6-10(7-17)12(15-16)11-9(3)13-4-5-14-11/h4-8H,1-3H3. The number of hydrogen-bond acceptors (Lipinski definition) is 4. The Hall–Kier alpha value is -2.04. The van der Waals surface area contributed by atoms with Crippen molar-refractivity contribution in [2.45, 2.75) is 26.8 Å². The summed E-state index contributed by atoms with van der Waals surface area (Å²) in [6.07, 6.45) is 5.76. The first-order chi connectivity index (χ1) is 8.13. The Morgan fingerprint density at radius 3 is 2.53 bits per heavy atom. The minimum Gasteiger partial charge on any atom is -0.298 e. The lowest BCUT2D eigenvalue weighted by Crippen LogP contribution is -2.01. The fourth-order valence-electron chi connectivity index (χ4n) is 1.58. The number of aldehydes is 1. The molecule has 0 bridgehead atoms. The van der Waals surface area contributed by atoms with E-state index in [0.717, 1.165) is 12.0 Å². The molecule has 5 heteroatoms. The Kier molecular flexibility index (Phi) is 2.99. The maximum absolute atomic E-state index is 11.0. The van der Waals surface area contributed by atoms with Crippen molar-refractivity contribution in [3.05, 3.63) is 29.8 Å². The number of aromatic nitrogens is 4. The summed E-state index contributed by atoms with van der Waals surface area (Å²) in [4.78, 5) is 19.4. The van der Waals surface area contributed by atoms with Crippen LogP contribution < -0.4 is 0 Å². The molecule has 0 saturated carbocycles. The maximum atomic E-state index is 11.0. The molecule has 0 spiro atoms. The molecule has 0 unspecified atom stereocenters. The first-order valence-corrected chi connectivity index (χ1v) is 5.45. The van der Waals surface area contributed by atoms with E-state index < -0.39 is 0 Å². The molecular formula is C12H14N4O. The summed E-state index contributed by atoms with van der Waals surface area (Å²) < 4.78 is 1.76. The van der Waals surface area contributed by atoms with Gasteiger partial charge in [-0.3, -0.25) is 19.4 Å². The van der Waals surface area contributed by atoms with Gasteiger partial charge in [-0.15, -0.1) is 0 Å². The molecule has 5 nitrogen and oxygen atoms in total. The molecule has 0 N–H and O–H groups in total. The molecule has 0 saturated heterocycles. The van der Waals surface area contributed by atoms with E-state index in [-0.39, 0.29) is 6.04 Å². The van der Waals surface area contributed by atoms with Crippen LogP contribution in [0.15, 0.2) is 18.6 Å². The largest absolute Gasteiger partial charge is 0.298 e. The van der Waals surface area contributed by atoms with Crippen LogP contribution in [0.25, 0.3) is 11.4 Å². The van der Waals surface area contributed by atoms with E-state index in [1.165, 1.54) is 0 Å². The van der Waals surface area contributed by atoms with Gasteiger partial charge in [-0.05, 0) is 20.8 Å². The number of hydrogen-bond donors (Lipinski definition) is 0. The van der Waals surface area contributed by atoms with Gasteiger partial charge in [-0.1, -0.05) is 0 Å². The Morgan fingerprint density at radius 2 is 1.94 bits per heavy atom. The average Bonchev–Trinajstić information content (AvgIpc) is 2.73. The second kappa shape index (κ2) is 4.45. The minimum atomic E-state index is 0.208. The van der Waals surface area contributed by atoms with Crippen LogP contribution in [0.5, 0.6) is 0 Å². The summed E-state index contributed by atoms with van der Waals surface area (Å²) in [6, 6.07) is 0.208. The van der Waals surface area contributed by atoms with E-state index in [1.807, 2.05) is 20.8 Å². The van der Waals surface area contributed by atoms with Crippen LogP contribution in [-0.2, 0) is 0 Å². The van der Waals surface area contributed by atoms with E-state index in [9.17, 15) is 4.79 Å². The fraction of sp³-hybridized carbons (Fsp3) is 0.333. The van der Waals surface area contributed by atoms with Crippen LogP contribution in [0.4, 0.5) is 0 Å². The molecular weight excluding hydrogens is 216 g/mol. The van der Waals surface area contributed by atoms with Crippen LogP contribution in [0.3, 0.4) is 0 Å². The summed E-state index contributed by atoms with van der Waals surface area (Å²) in [7, 11) is 0. The van der Waals surface area contributed by atoms with Crippen molar-refractivity contribution in [2.75, 3.05) is 0 Å². The highest BCUT2D eigenvalue weighted by Crippen LogP contribution is 2.22. The zero-order chi connectivity index (χ0) is 12.4. The third-order valence-electron chi connectivity index (χ3n) is 2.52. The summed E-state index contributed by atoms with van der Waals surface area (Å²) in [5, 5.41) is 4.39. The van der Waals surface area contributed by atoms with Crippen molar-refractivity contribution in [1.82, 2.24) is 19.7 Å². The Morgan fingerprint density at radius 1 is 1.24 bits per heavy atom. The van der Waals surface area contributed by atoms with Crippen LogP contribution in [0.2, 0.25) is 0 Å². The van der Waals surface area contributed by atoms with Crippen molar-refractivity contribution in [1.29, 1.82) is 0 Å². The summed E-state index contributed by atoms with van der Waals surface area (Å²) in [6.45, 7) is 5.87. The molecule has 0 aliphatic rings. The zero-order valence-corrected chi connectivity index (χ0v) is 10.1. The lowest BCUT2D eigenvalue weighted by molar-refractivity contribution is 0.112. The van der Waals surface area contributed by atoms with Gasteiger partial charge in [0.05, 0.1) is 11.3 Å². The molecule has 88 valence electrons. The van der Waals surface area contributed by atoms with Crippen LogP contribution in [0.1, 0.15) is 35.9 Å². The van der Waals surface area contributed by atoms with Crippen molar-refractivity contribution < 1.29 is 4.79 Å². The number of aryl methyl sites for hydroxylation is 1. The van der Waals surface area contributed by atoms with E-state index in [0.29, 0.717) is 17.0 Å². The number of nitrogens with zero attached hydrogens (tertiary/aromatic N) is 4. The monoisotopic (exact) mass is 230 g/mol. The van der Waals surface area contributed by atoms with Gasteiger partial charge in [-0.25, -0.2) is 0 Å². The Balaban J connectivity index is 2.59. The first-order valence-electron chi connectivity index (χ1n) is 5.45. The van der Waals surface area contributed by atoms with Gasteiger partial charge < -0.3 is 0 Å². The Labute approximate surface area is 99.5 Å². The van der Waals surface area contributed by atoms with Gasteiger partial charge in [0, 0.05) is 24.6 Å². The minimum absolute atomic E-state index is 0.208. The summed E-state index contributed by atoms with van der Waals surface area (Å²) in [5.74, 6) is 0. The predicted octanol–water partition coefficient (Wildman–Crippen LogP) is 2.04. The van der Waals surface area contributed by atoms with Gasteiger partial charge in [-0.2, -0.15) is 5.10 Å². The van der Waals surface area contributed by atoms with Crippen molar-refractivity contribution >= 4 is 6.29 Å². The highest BCUT2D eigenvalue weighted by molar-refractivity contribution is 5.84. The van der Waals surface area contributed by atoms with E-state index >= 15 is 0 Å². The van der Waals surface area contributed by atoms with E-state index in [1.54, 1.807) is 23.3 Å². The molecule has 0 aliphatic heterocycles. The molecule has 0 radical (unpaired) electrons. The van der Waals surface area contributed by atoms with E-state index in [2.05, 4.69) is 15.1 Å². The SMILES string of the molecule is Cc1nccnc1-c1nn(C(C)C)cc1C=O. The molecule has 0 aromatic carbocycles. The average molecular weight is 230 g/mol.